The molecule has 0 aromatic heterocycles. The molecule has 1 aliphatic carbocycles. The van der Waals surface area contributed by atoms with Gasteiger partial charge in [-0.25, -0.2) is 0 Å². The van der Waals surface area contributed by atoms with E-state index in [0.29, 0.717) is 30.0 Å². The second kappa shape index (κ2) is 9.83. The van der Waals surface area contributed by atoms with Gasteiger partial charge in [0.25, 0.3) is 5.91 Å². The lowest BCUT2D eigenvalue weighted by Gasteiger charge is -2.30. The number of fused-ring (bicyclic) bond motifs is 1. The van der Waals surface area contributed by atoms with Gasteiger partial charge in [-0.1, -0.05) is 31.2 Å². The van der Waals surface area contributed by atoms with Gasteiger partial charge < -0.3 is 10.2 Å². The number of alkyl halides is 6. The van der Waals surface area contributed by atoms with Crippen LogP contribution in [0, 0.1) is 5.92 Å². The van der Waals surface area contributed by atoms with Crippen LogP contribution in [0.5, 0.6) is 0 Å². The number of benzodiazepines with no additional fused rings is 1. The van der Waals surface area contributed by atoms with Crippen molar-refractivity contribution in [2.24, 2.45) is 10.9 Å². The smallest absolute Gasteiger partial charge is 0.326 e. The number of carbonyl (C=O) groups is 2. The Labute approximate surface area is 209 Å². The first-order valence-corrected chi connectivity index (χ1v) is 11.9. The first kappa shape index (κ1) is 26.7. The largest absolute Gasteiger partial charge is 0.416 e. The van der Waals surface area contributed by atoms with Crippen LogP contribution >= 0.6 is 0 Å². The van der Waals surface area contributed by atoms with E-state index in [1.807, 2.05) is 26.0 Å². The van der Waals surface area contributed by atoms with E-state index in [1.165, 1.54) is 0 Å². The third-order valence-electron chi connectivity index (χ3n) is 6.57. The summed E-state index contributed by atoms with van der Waals surface area (Å²) in [5.41, 5.74) is -1.61. The topological polar surface area (TPSA) is 61.8 Å². The van der Waals surface area contributed by atoms with E-state index >= 15 is 0 Å². The van der Waals surface area contributed by atoms with Gasteiger partial charge in [0.15, 0.2) is 0 Å². The fraction of sp³-hybridized carbons (Fsp3) is 0.423. The lowest BCUT2D eigenvalue weighted by atomic mass is 10.00. The van der Waals surface area contributed by atoms with Gasteiger partial charge in [0.1, 0.15) is 0 Å². The number of aliphatic imine (C=N–C) groups is 1. The van der Waals surface area contributed by atoms with Crippen LogP contribution < -0.4 is 10.2 Å². The van der Waals surface area contributed by atoms with Crippen LogP contribution in [0.1, 0.15) is 55.4 Å². The van der Waals surface area contributed by atoms with Crippen molar-refractivity contribution < 1.29 is 35.9 Å². The molecular formula is C26H25F6N3O2. The van der Waals surface area contributed by atoms with Crippen molar-refractivity contribution in [3.8, 4) is 0 Å². The summed E-state index contributed by atoms with van der Waals surface area (Å²) in [5, 5.41) is 2.43. The van der Waals surface area contributed by atoms with Gasteiger partial charge in [0.05, 0.1) is 28.9 Å². The van der Waals surface area contributed by atoms with Crippen molar-refractivity contribution in [2.45, 2.75) is 64.1 Å². The van der Waals surface area contributed by atoms with Gasteiger partial charge in [-0.3, -0.25) is 14.6 Å². The summed E-state index contributed by atoms with van der Waals surface area (Å²) < 4.78 is 79.6. The second-order valence-corrected chi connectivity index (χ2v) is 9.29. The average molecular weight is 525 g/mol. The number of rotatable bonds is 6. The number of halogens is 6. The summed E-state index contributed by atoms with van der Waals surface area (Å²) in [6.45, 7) is 3.73. The third-order valence-corrected chi connectivity index (χ3v) is 6.57. The van der Waals surface area contributed by atoms with E-state index in [1.54, 1.807) is 17.0 Å². The molecule has 1 fully saturated rings. The SMILES string of the molecule is CC[C@H](C)N1C(=O)[C@H](NC(=O)Cc2ccc(C(F)(F)F)cc2C(F)(F)F)N=C(C2CC2)c2ccccc21. The summed E-state index contributed by atoms with van der Waals surface area (Å²) in [6.07, 6.45) is -10.0. The minimum Gasteiger partial charge on any atom is -0.326 e. The average Bonchev–Trinajstić information content (AvgIpc) is 3.66. The maximum Gasteiger partial charge on any atom is 0.416 e. The molecule has 11 heteroatoms. The lowest BCUT2D eigenvalue weighted by Crippen LogP contribution is -2.50. The molecule has 2 atom stereocenters. The highest BCUT2D eigenvalue weighted by Crippen LogP contribution is 2.39. The van der Waals surface area contributed by atoms with Crippen LogP contribution in [0.15, 0.2) is 47.5 Å². The fourth-order valence-corrected chi connectivity index (χ4v) is 4.38. The number of amides is 2. The minimum atomic E-state index is -5.11. The summed E-state index contributed by atoms with van der Waals surface area (Å²) in [6, 6.07) is 8.11. The maximum atomic E-state index is 13.6. The van der Waals surface area contributed by atoms with E-state index in [2.05, 4.69) is 10.3 Å². The number of para-hydroxylation sites is 1. The number of nitrogens with zero attached hydrogens (tertiary/aromatic N) is 2. The maximum absolute atomic E-state index is 13.6. The Kier molecular flexibility index (Phi) is 7.09. The highest BCUT2D eigenvalue weighted by molar-refractivity contribution is 6.14. The molecule has 1 saturated carbocycles. The normalized spacial score (nSPS) is 19.1. The lowest BCUT2D eigenvalue weighted by molar-refractivity contribution is -0.143. The molecule has 0 spiro atoms. The Morgan fingerprint density at radius 1 is 1.08 bits per heavy atom. The second-order valence-electron chi connectivity index (χ2n) is 9.29. The zero-order valence-corrected chi connectivity index (χ0v) is 20.1. The van der Waals surface area contributed by atoms with E-state index in [4.69, 9.17) is 0 Å². The number of carbonyl (C=O) groups excluding carboxylic acids is 2. The zero-order chi connectivity index (χ0) is 27.1. The van der Waals surface area contributed by atoms with Gasteiger partial charge in [0.2, 0.25) is 12.1 Å². The molecule has 1 N–H and O–H groups in total. The van der Waals surface area contributed by atoms with Crippen LogP contribution in [-0.4, -0.2) is 29.7 Å². The molecule has 4 rings (SSSR count). The molecule has 37 heavy (non-hydrogen) atoms. The third kappa shape index (κ3) is 5.65. The van der Waals surface area contributed by atoms with Gasteiger partial charge >= 0.3 is 12.4 Å². The quantitative estimate of drug-likeness (QED) is 0.488. The Morgan fingerprint density at radius 3 is 2.35 bits per heavy atom. The van der Waals surface area contributed by atoms with Gasteiger partial charge in [0, 0.05) is 17.5 Å². The molecule has 5 nitrogen and oxygen atoms in total. The predicted octanol–water partition coefficient (Wildman–Crippen LogP) is 5.75. The molecule has 2 aliphatic rings. The molecule has 0 saturated heterocycles. The first-order valence-electron chi connectivity index (χ1n) is 11.9. The van der Waals surface area contributed by atoms with Crippen molar-refractivity contribution in [3.05, 3.63) is 64.7 Å². The molecule has 2 amide bonds. The molecule has 198 valence electrons. The molecule has 1 heterocycles. The fourth-order valence-electron chi connectivity index (χ4n) is 4.38. The number of hydrogen-bond acceptors (Lipinski definition) is 3. The van der Waals surface area contributed by atoms with E-state index in [0.717, 1.165) is 18.4 Å². The van der Waals surface area contributed by atoms with Crippen molar-refractivity contribution in [2.75, 3.05) is 4.90 Å². The first-order chi connectivity index (χ1) is 17.3. The van der Waals surface area contributed by atoms with Crippen molar-refractivity contribution in [1.82, 2.24) is 5.32 Å². The number of anilines is 1. The minimum absolute atomic E-state index is 0.00985. The van der Waals surface area contributed by atoms with Gasteiger partial charge in [-0.15, -0.1) is 0 Å². The Bertz CT molecular complexity index is 1230. The molecule has 0 bridgehead atoms. The van der Waals surface area contributed by atoms with Crippen molar-refractivity contribution >= 4 is 23.2 Å². The van der Waals surface area contributed by atoms with Crippen LogP contribution in [-0.2, 0) is 28.4 Å². The molecule has 0 unspecified atom stereocenters. The zero-order valence-electron chi connectivity index (χ0n) is 20.1. The van der Waals surface area contributed by atoms with Crippen molar-refractivity contribution in [3.63, 3.8) is 0 Å². The number of hydrogen-bond donors (Lipinski definition) is 1. The van der Waals surface area contributed by atoms with Crippen LogP contribution in [0.2, 0.25) is 0 Å². The predicted molar refractivity (Wildman–Crippen MR) is 125 cm³/mol. The molecule has 2 aromatic carbocycles. The van der Waals surface area contributed by atoms with Gasteiger partial charge in [-0.05, 0) is 49.9 Å². The Morgan fingerprint density at radius 2 is 1.76 bits per heavy atom. The van der Waals surface area contributed by atoms with Crippen LogP contribution in [0.25, 0.3) is 0 Å². The summed E-state index contributed by atoms with van der Waals surface area (Å²) >= 11 is 0. The molecule has 0 radical (unpaired) electrons. The van der Waals surface area contributed by atoms with Crippen molar-refractivity contribution in [1.29, 1.82) is 0 Å². The highest BCUT2D eigenvalue weighted by Gasteiger charge is 2.40. The Hall–Kier alpha value is -3.37. The molecule has 1 aliphatic heterocycles. The highest BCUT2D eigenvalue weighted by atomic mass is 19.4. The summed E-state index contributed by atoms with van der Waals surface area (Å²) in [7, 11) is 0. The van der Waals surface area contributed by atoms with E-state index in [9.17, 15) is 35.9 Å². The molecule has 2 aromatic rings. The Balaban J connectivity index is 1.66. The number of nitrogens with one attached hydrogen (secondary N) is 1. The van der Waals surface area contributed by atoms with Gasteiger partial charge in [-0.2, -0.15) is 26.3 Å². The van der Waals surface area contributed by atoms with E-state index < -0.39 is 53.4 Å². The standard InChI is InChI=1S/C26H25F6N3O2/c1-3-14(2)35-20-7-5-4-6-18(20)22(15-8-9-15)34-23(24(35)37)33-21(36)12-16-10-11-17(25(27,28)29)13-19(16)26(30,31)32/h4-7,10-11,13-15,23H,3,8-9,12H2,1-2H3,(H,33,36)/t14-,23+/m0/s1. The van der Waals surface area contributed by atoms with Crippen LogP contribution in [0.4, 0.5) is 32.0 Å². The van der Waals surface area contributed by atoms with E-state index in [-0.39, 0.29) is 18.0 Å². The monoisotopic (exact) mass is 525 g/mol. The molecular weight excluding hydrogens is 500 g/mol. The van der Waals surface area contributed by atoms with Crippen LogP contribution in [0.3, 0.4) is 0 Å². The number of benzene rings is 2. The summed E-state index contributed by atoms with van der Waals surface area (Å²) in [4.78, 5) is 32.5. The summed E-state index contributed by atoms with van der Waals surface area (Å²) in [5.74, 6) is -1.40.